The molecule has 1 aliphatic rings. The first-order valence-electron chi connectivity index (χ1n) is 9.52. The number of H-pyrrole nitrogens is 1. The molecule has 2 heterocycles. The fourth-order valence-electron chi connectivity index (χ4n) is 3.82. The molecule has 8 nitrogen and oxygen atoms in total. The second kappa shape index (κ2) is 8.77. The molecule has 30 heavy (non-hydrogen) atoms. The molecule has 2 aromatic heterocycles. The van der Waals surface area contributed by atoms with Crippen LogP contribution in [0.15, 0.2) is 42.7 Å². The molecule has 1 aromatic carbocycles. The molecule has 156 valence electrons. The highest BCUT2D eigenvalue weighted by Gasteiger charge is 2.32. The number of nitrogens with zero attached hydrogens (tertiary/aromatic N) is 2. The van der Waals surface area contributed by atoms with E-state index < -0.39 is 11.9 Å². The van der Waals surface area contributed by atoms with Gasteiger partial charge in [0.2, 0.25) is 0 Å². The van der Waals surface area contributed by atoms with E-state index in [0.29, 0.717) is 12.2 Å². The zero-order valence-corrected chi connectivity index (χ0v) is 16.8. The molecule has 0 spiro atoms. The Morgan fingerprint density at radius 3 is 2.50 bits per heavy atom. The first-order chi connectivity index (χ1) is 14.3. The van der Waals surface area contributed by atoms with Crippen molar-refractivity contribution >= 4 is 28.6 Å². The number of benzene rings is 1. The second-order valence-corrected chi connectivity index (χ2v) is 7.19. The fourth-order valence-corrected chi connectivity index (χ4v) is 3.82. The van der Waals surface area contributed by atoms with Crippen LogP contribution in [0.3, 0.4) is 0 Å². The van der Waals surface area contributed by atoms with Crippen molar-refractivity contribution in [1.82, 2.24) is 14.5 Å². The van der Waals surface area contributed by atoms with Crippen molar-refractivity contribution in [3.05, 3.63) is 65.4 Å². The summed E-state index contributed by atoms with van der Waals surface area (Å²) in [7, 11) is 2.06. The van der Waals surface area contributed by atoms with E-state index in [0.717, 1.165) is 47.1 Å². The van der Waals surface area contributed by atoms with Crippen LogP contribution in [0.25, 0.3) is 10.9 Å². The lowest BCUT2D eigenvalue weighted by atomic mass is 9.82. The first-order valence-corrected chi connectivity index (χ1v) is 9.52. The summed E-state index contributed by atoms with van der Waals surface area (Å²) in [5.74, 6) is -2.19. The minimum atomic E-state index is -1.26. The van der Waals surface area contributed by atoms with E-state index in [-0.39, 0.29) is 11.7 Å². The number of carbonyl (C=O) groups is 3. The molecule has 0 aliphatic heterocycles. The van der Waals surface area contributed by atoms with Gasteiger partial charge in [-0.25, -0.2) is 14.6 Å². The fraction of sp³-hybridized carbons (Fsp3) is 0.273. The number of nitrogens with one attached hydrogen (secondary N) is 1. The third-order valence-electron chi connectivity index (χ3n) is 5.32. The van der Waals surface area contributed by atoms with Gasteiger partial charge in [0.05, 0.1) is 12.0 Å². The lowest BCUT2D eigenvalue weighted by Gasteiger charge is -2.21. The van der Waals surface area contributed by atoms with Crippen LogP contribution in [0.2, 0.25) is 0 Å². The number of hydrogen-bond donors (Lipinski definition) is 3. The normalized spacial score (nSPS) is 15.7. The van der Waals surface area contributed by atoms with Crippen molar-refractivity contribution in [2.45, 2.75) is 26.2 Å². The summed E-state index contributed by atoms with van der Waals surface area (Å²) >= 11 is 0. The Bertz CT molecular complexity index is 1120. The van der Waals surface area contributed by atoms with E-state index in [1.54, 1.807) is 6.33 Å². The molecule has 1 aliphatic carbocycles. The van der Waals surface area contributed by atoms with E-state index in [4.69, 9.17) is 10.2 Å². The number of imidazole rings is 1. The van der Waals surface area contributed by atoms with E-state index >= 15 is 0 Å². The van der Waals surface area contributed by atoms with Crippen molar-refractivity contribution < 1.29 is 24.6 Å². The summed E-state index contributed by atoms with van der Waals surface area (Å²) in [6, 6.07) is 8.20. The van der Waals surface area contributed by atoms with Gasteiger partial charge in [0.15, 0.2) is 5.78 Å². The lowest BCUT2D eigenvalue weighted by molar-refractivity contribution is -0.134. The van der Waals surface area contributed by atoms with Gasteiger partial charge in [0.1, 0.15) is 0 Å². The Morgan fingerprint density at radius 1 is 1.23 bits per heavy atom. The maximum Gasteiger partial charge on any atom is 0.328 e. The average molecular weight is 409 g/mol. The van der Waals surface area contributed by atoms with Gasteiger partial charge in [-0.1, -0.05) is 18.2 Å². The highest BCUT2D eigenvalue weighted by Crippen LogP contribution is 2.34. The number of Topliss-reactive ketones (excluding diaryl/α,β-unsaturated/α-hetero) is 1. The standard InChI is InChI=1S/C18H19N3O.C4H4O4/c1-11-14(20-10-19-11)9-12-7-8-16-17(18(12)22)13-5-3-4-6-15(13)21(16)2;5-3(6)1-2-4(7)8/h3-6,10,12H,7-9H2,1-2H3,(H,19,20);1-2H,(H,5,6)(H,7,8)/b;2-1-. The minimum Gasteiger partial charge on any atom is -0.478 e. The van der Waals surface area contributed by atoms with Gasteiger partial charge in [0.25, 0.3) is 0 Å². The number of aromatic amines is 1. The maximum absolute atomic E-state index is 13.0. The second-order valence-electron chi connectivity index (χ2n) is 7.19. The molecule has 4 rings (SSSR count). The van der Waals surface area contributed by atoms with Gasteiger partial charge < -0.3 is 19.8 Å². The number of aromatic nitrogens is 3. The van der Waals surface area contributed by atoms with Crippen LogP contribution in [0.1, 0.15) is 33.9 Å². The van der Waals surface area contributed by atoms with Crippen LogP contribution in [-0.2, 0) is 29.5 Å². The Balaban J connectivity index is 0.000000275. The van der Waals surface area contributed by atoms with Crippen LogP contribution in [-0.4, -0.2) is 42.5 Å². The molecule has 3 aromatic rings. The monoisotopic (exact) mass is 409 g/mol. The number of ketones is 1. The molecule has 0 fully saturated rings. The van der Waals surface area contributed by atoms with Gasteiger partial charge in [-0.15, -0.1) is 0 Å². The molecule has 0 bridgehead atoms. The summed E-state index contributed by atoms with van der Waals surface area (Å²) in [5.41, 5.74) is 5.35. The number of carbonyl (C=O) groups excluding carboxylic acids is 1. The van der Waals surface area contributed by atoms with Crippen LogP contribution in [0.4, 0.5) is 0 Å². The van der Waals surface area contributed by atoms with Crippen LogP contribution < -0.4 is 0 Å². The molecule has 1 atom stereocenters. The predicted octanol–water partition coefficient (Wildman–Crippen LogP) is 2.91. The van der Waals surface area contributed by atoms with Crippen molar-refractivity contribution in [2.75, 3.05) is 0 Å². The average Bonchev–Trinajstić information content (AvgIpc) is 3.24. The maximum atomic E-state index is 13.0. The van der Waals surface area contributed by atoms with Gasteiger partial charge in [-0.3, -0.25) is 4.79 Å². The van der Waals surface area contributed by atoms with Gasteiger partial charge >= 0.3 is 11.9 Å². The summed E-state index contributed by atoms with van der Waals surface area (Å²) < 4.78 is 2.18. The minimum absolute atomic E-state index is 0.0420. The van der Waals surface area contributed by atoms with Crippen LogP contribution >= 0.6 is 0 Å². The zero-order valence-electron chi connectivity index (χ0n) is 16.8. The Hall–Kier alpha value is -3.68. The first kappa shape index (κ1) is 21.0. The number of para-hydroxylation sites is 1. The molecular weight excluding hydrogens is 386 g/mol. The third-order valence-corrected chi connectivity index (χ3v) is 5.32. The number of fused-ring (bicyclic) bond motifs is 3. The molecule has 0 radical (unpaired) electrons. The topological polar surface area (TPSA) is 125 Å². The molecular formula is C22H23N3O5. The smallest absolute Gasteiger partial charge is 0.328 e. The number of aryl methyl sites for hydroxylation is 2. The van der Waals surface area contributed by atoms with Crippen molar-refractivity contribution in [3.63, 3.8) is 0 Å². The lowest BCUT2D eigenvalue weighted by Crippen LogP contribution is -2.25. The number of aliphatic carboxylic acids is 2. The molecule has 8 heteroatoms. The summed E-state index contributed by atoms with van der Waals surface area (Å²) in [4.78, 5) is 39.6. The summed E-state index contributed by atoms with van der Waals surface area (Å²) in [6.45, 7) is 2.01. The van der Waals surface area contributed by atoms with Crippen molar-refractivity contribution in [2.24, 2.45) is 13.0 Å². The van der Waals surface area contributed by atoms with E-state index in [9.17, 15) is 14.4 Å². The van der Waals surface area contributed by atoms with E-state index in [1.807, 2.05) is 19.1 Å². The zero-order chi connectivity index (χ0) is 21.8. The SMILES string of the molecule is Cc1[nH]cnc1CC1CCc2c(c3ccccc3n2C)C1=O.O=C(O)/C=C\C(=O)O. The quantitative estimate of drug-likeness (QED) is 0.569. The molecule has 0 amide bonds. The Kier molecular flexibility index (Phi) is 6.15. The van der Waals surface area contributed by atoms with Crippen LogP contribution in [0, 0.1) is 12.8 Å². The largest absolute Gasteiger partial charge is 0.478 e. The highest BCUT2D eigenvalue weighted by atomic mass is 16.4. The predicted molar refractivity (Wildman–Crippen MR) is 111 cm³/mol. The number of rotatable bonds is 4. The Labute approximate surface area is 172 Å². The highest BCUT2D eigenvalue weighted by molar-refractivity contribution is 6.11. The van der Waals surface area contributed by atoms with Crippen molar-refractivity contribution in [1.29, 1.82) is 0 Å². The van der Waals surface area contributed by atoms with Gasteiger partial charge in [-0.05, 0) is 25.8 Å². The van der Waals surface area contributed by atoms with Crippen molar-refractivity contribution in [3.8, 4) is 0 Å². The molecule has 3 N–H and O–H groups in total. The Morgan fingerprint density at radius 2 is 1.90 bits per heavy atom. The summed E-state index contributed by atoms with van der Waals surface area (Å²) in [5, 5.41) is 16.7. The summed E-state index contributed by atoms with van der Waals surface area (Å²) in [6.07, 6.45) is 5.42. The van der Waals surface area contributed by atoms with Gasteiger partial charge in [0, 0.05) is 59.4 Å². The number of hydrogen-bond acceptors (Lipinski definition) is 4. The number of carboxylic acid groups (broad SMARTS) is 2. The molecule has 0 saturated carbocycles. The van der Waals surface area contributed by atoms with E-state index in [1.165, 1.54) is 5.69 Å². The van der Waals surface area contributed by atoms with Gasteiger partial charge in [-0.2, -0.15) is 0 Å². The van der Waals surface area contributed by atoms with E-state index in [2.05, 4.69) is 33.7 Å². The van der Waals surface area contributed by atoms with Crippen LogP contribution in [0.5, 0.6) is 0 Å². The third kappa shape index (κ3) is 4.32. The number of carboxylic acids is 2. The molecule has 0 saturated heterocycles. The molecule has 1 unspecified atom stereocenters.